The molecule has 0 saturated heterocycles. The van der Waals surface area contributed by atoms with Gasteiger partial charge in [0.1, 0.15) is 5.65 Å². The highest BCUT2D eigenvalue weighted by molar-refractivity contribution is 6.14. The Balaban J connectivity index is 1.68. The highest BCUT2D eigenvalue weighted by Crippen LogP contribution is 2.33. The SMILES string of the molecule is COCCn1c(C(=O)OC)c(NC(=O)c2ccco2)c2cc(N[C@@H](C)CCc3ccccc3)cnc21. The second-order valence-electron chi connectivity index (χ2n) is 8.46. The molecule has 0 bridgehead atoms. The molecule has 4 aromatic rings. The van der Waals surface area contributed by atoms with Gasteiger partial charge in [0.25, 0.3) is 5.91 Å². The van der Waals surface area contributed by atoms with Crippen LogP contribution in [0.2, 0.25) is 0 Å². The minimum absolute atomic E-state index is 0.125. The van der Waals surface area contributed by atoms with E-state index in [1.807, 2.05) is 24.3 Å². The molecule has 0 aliphatic heterocycles. The van der Waals surface area contributed by atoms with Crippen molar-refractivity contribution in [3.63, 3.8) is 0 Å². The Morgan fingerprint density at radius 1 is 1.14 bits per heavy atom. The van der Waals surface area contributed by atoms with Crippen LogP contribution >= 0.6 is 0 Å². The first-order chi connectivity index (χ1) is 17.5. The van der Waals surface area contributed by atoms with Crippen LogP contribution in [0.1, 0.15) is 40.0 Å². The van der Waals surface area contributed by atoms with E-state index in [9.17, 15) is 9.59 Å². The molecule has 3 aromatic heterocycles. The fraction of sp³-hybridized carbons (Fsp3) is 0.296. The number of esters is 1. The summed E-state index contributed by atoms with van der Waals surface area (Å²) in [5.41, 5.74) is 3.08. The molecule has 1 amide bonds. The summed E-state index contributed by atoms with van der Waals surface area (Å²) in [7, 11) is 2.88. The van der Waals surface area contributed by atoms with Gasteiger partial charge in [-0.15, -0.1) is 0 Å². The smallest absolute Gasteiger partial charge is 0.356 e. The molecule has 0 radical (unpaired) electrons. The predicted molar refractivity (Wildman–Crippen MR) is 137 cm³/mol. The number of aromatic nitrogens is 2. The van der Waals surface area contributed by atoms with Crippen LogP contribution in [0, 0.1) is 0 Å². The molecule has 9 heteroatoms. The standard InChI is InChI=1S/C27H30N4O5/c1-18(11-12-19-8-5-4-6-9-19)29-20-16-21-23(30-26(32)22-10-7-14-36-22)24(27(33)35-3)31(13-15-34-2)25(21)28-17-20/h4-10,14,16-18,29H,11-13,15H2,1-3H3,(H,30,32)/t18-/m0/s1. The maximum Gasteiger partial charge on any atom is 0.356 e. The van der Waals surface area contributed by atoms with E-state index in [4.69, 9.17) is 13.9 Å². The molecule has 0 spiro atoms. The summed E-state index contributed by atoms with van der Waals surface area (Å²) in [4.78, 5) is 30.3. The van der Waals surface area contributed by atoms with Gasteiger partial charge in [-0.1, -0.05) is 30.3 Å². The number of hydrogen-bond donors (Lipinski definition) is 2. The Kier molecular flexibility index (Phi) is 8.02. The van der Waals surface area contributed by atoms with Crippen molar-refractivity contribution < 1.29 is 23.5 Å². The van der Waals surface area contributed by atoms with E-state index in [0.717, 1.165) is 18.5 Å². The number of carbonyl (C=O) groups excluding carboxylic acids is 2. The first-order valence-corrected chi connectivity index (χ1v) is 11.8. The number of nitrogens with zero attached hydrogens (tertiary/aromatic N) is 2. The summed E-state index contributed by atoms with van der Waals surface area (Å²) >= 11 is 0. The Labute approximate surface area is 209 Å². The molecule has 0 fully saturated rings. The lowest BCUT2D eigenvalue weighted by Crippen LogP contribution is -2.18. The highest BCUT2D eigenvalue weighted by Gasteiger charge is 2.27. The second-order valence-corrected chi connectivity index (χ2v) is 8.46. The van der Waals surface area contributed by atoms with Crippen LogP contribution in [-0.4, -0.2) is 48.3 Å². The lowest BCUT2D eigenvalue weighted by molar-refractivity contribution is 0.0588. The zero-order chi connectivity index (χ0) is 25.5. The molecule has 0 aliphatic carbocycles. The van der Waals surface area contributed by atoms with Crippen LogP contribution in [0.15, 0.2) is 65.4 Å². The number of hydrogen-bond acceptors (Lipinski definition) is 7. The van der Waals surface area contributed by atoms with Gasteiger partial charge in [-0.05, 0) is 43.5 Å². The van der Waals surface area contributed by atoms with Gasteiger partial charge < -0.3 is 29.1 Å². The van der Waals surface area contributed by atoms with Gasteiger partial charge in [0, 0.05) is 25.1 Å². The fourth-order valence-electron chi connectivity index (χ4n) is 4.11. The van der Waals surface area contributed by atoms with Gasteiger partial charge in [0.15, 0.2) is 11.5 Å². The van der Waals surface area contributed by atoms with Crippen LogP contribution < -0.4 is 10.6 Å². The molecule has 9 nitrogen and oxygen atoms in total. The van der Waals surface area contributed by atoms with Crippen molar-refractivity contribution in [1.82, 2.24) is 9.55 Å². The molecular weight excluding hydrogens is 460 g/mol. The number of amides is 1. The molecular formula is C27H30N4O5. The monoisotopic (exact) mass is 490 g/mol. The fourth-order valence-corrected chi connectivity index (χ4v) is 4.11. The molecule has 3 heterocycles. The zero-order valence-corrected chi connectivity index (χ0v) is 20.6. The van der Waals surface area contributed by atoms with Crippen molar-refractivity contribution in [1.29, 1.82) is 0 Å². The van der Waals surface area contributed by atoms with Crippen molar-refractivity contribution in [3.05, 3.63) is 78.0 Å². The van der Waals surface area contributed by atoms with Gasteiger partial charge in [-0.3, -0.25) is 4.79 Å². The number of nitrogens with one attached hydrogen (secondary N) is 2. The number of ether oxygens (including phenoxy) is 2. The molecule has 4 rings (SSSR count). The second kappa shape index (κ2) is 11.5. The molecule has 0 unspecified atom stereocenters. The summed E-state index contributed by atoms with van der Waals surface area (Å²) in [5.74, 6) is -0.949. The first-order valence-electron chi connectivity index (χ1n) is 11.8. The van der Waals surface area contributed by atoms with Crippen LogP contribution in [0.25, 0.3) is 11.0 Å². The number of anilines is 2. The molecule has 36 heavy (non-hydrogen) atoms. The number of fused-ring (bicyclic) bond motifs is 1. The van der Waals surface area contributed by atoms with Gasteiger partial charge in [0.05, 0.1) is 37.6 Å². The van der Waals surface area contributed by atoms with Crippen molar-refractivity contribution >= 4 is 34.3 Å². The molecule has 1 atom stereocenters. The van der Waals surface area contributed by atoms with Gasteiger partial charge >= 0.3 is 5.97 Å². The minimum Gasteiger partial charge on any atom is -0.464 e. The van der Waals surface area contributed by atoms with Gasteiger partial charge in [0.2, 0.25) is 0 Å². The average Bonchev–Trinajstić information content (AvgIpc) is 3.53. The summed E-state index contributed by atoms with van der Waals surface area (Å²) in [6, 6.07) is 15.5. The molecule has 0 aliphatic rings. The lowest BCUT2D eigenvalue weighted by atomic mass is 10.1. The maximum atomic E-state index is 12.9. The summed E-state index contributed by atoms with van der Waals surface area (Å²) in [6.07, 6.45) is 5.00. The quantitative estimate of drug-likeness (QED) is 0.292. The van der Waals surface area contributed by atoms with E-state index >= 15 is 0 Å². The Morgan fingerprint density at radius 2 is 1.94 bits per heavy atom. The third kappa shape index (κ3) is 5.58. The third-order valence-corrected chi connectivity index (χ3v) is 5.90. The van der Waals surface area contributed by atoms with Crippen LogP contribution in [0.3, 0.4) is 0 Å². The van der Waals surface area contributed by atoms with Gasteiger partial charge in [-0.2, -0.15) is 0 Å². The number of furan rings is 1. The average molecular weight is 491 g/mol. The highest BCUT2D eigenvalue weighted by atomic mass is 16.5. The number of aryl methyl sites for hydroxylation is 1. The molecule has 1 aromatic carbocycles. The van der Waals surface area contributed by atoms with Crippen molar-refractivity contribution in [2.75, 3.05) is 31.5 Å². The van der Waals surface area contributed by atoms with E-state index < -0.39 is 11.9 Å². The van der Waals surface area contributed by atoms with Crippen LogP contribution in [0.5, 0.6) is 0 Å². The van der Waals surface area contributed by atoms with E-state index in [0.29, 0.717) is 29.9 Å². The van der Waals surface area contributed by atoms with Crippen LogP contribution in [0.4, 0.5) is 11.4 Å². The minimum atomic E-state index is -0.593. The largest absolute Gasteiger partial charge is 0.464 e. The number of methoxy groups -OCH3 is 2. The van der Waals surface area contributed by atoms with Crippen molar-refractivity contribution in [3.8, 4) is 0 Å². The summed E-state index contributed by atoms with van der Waals surface area (Å²) in [6.45, 7) is 2.80. The summed E-state index contributed by atoms with van der Waals surface area (Å²) < 4.78 is 17.2. The normalized spacial score (nSPS) is 11.9. The van der Waals surface area contributed by atoms with Crippen LogP contribution in [-0.2, 0) is 22.4 Å². The number of rotatable bonds is 11. The molecule has 2 N–H and O–H groups in total. The molecule has 0 saturated carbocycles. The van der Waals surface area contributed by atoms with E-state index in [1.54, 1.807) is 30.0 Å². The number of benzene rings is 1. The number of pyridine rings is 1. The predicted octanol–water partition coefficient (Wildman–Crippen LogP) is 4.75. The van der Waals surface area contributed by atoms with E-state index in [-0.39, 0.29) is 17.5 Å². The lowest BCUT2D eigenvalue weighted by Gasteiger charge is -2.15. The first kappa shape index (κ1) is 25.0. The zero-order valence-electron chi connectivity index (χ0n) is 20.6. The topological polar surface area (TPSA) is 108 Å². The third-order valence-electron chi connectivity index (χ3n) is 5.90. The molecule has 188 valence electrons. The summed E-state index contributed by atoms with van der Waals surface area (Å²) in [5, 5.41) is 6.92. The Morgan fingerprint density at radius 3 is 2.64 bits per heavy atom. The van der Waals surface area contributed by atoms with E-state index in [1.165, 1.54) is 18.9 Å². The Hall–Kier alpha value is -4.11. The number of carbonyl (C=O) groups is 2. The van der Waals surface area contributed by atoms with E-state index in [2.05, 4.69) is 34.7 Å². The maximum absolute atomic E-state index is 12.9. The van der Waals surface area contributed by atoms with Crippen molar-refractivity contribution in [2.24, 2.45) is 0 Å². The Bertz CT molecular complexity index is 1320. The van der Waals surface area contributed by atoms with Crippen molar-refractivity contribution in [2.45, 2.75) is 32.4 Å². The van der Waals surface area contributed by atoms with Gasteiger partial charge in [-0.25, -0.2) is 9.78 Å².